The molecule has 0 heteroatoms. The fourth-order valence-electron chi connectivity index (χ4n) is 2.87. The van der Waals surface area contributed by atoms with E-state index in [0.29, 0.717) is 0 Å². The Bertz CT molecular complexity index is 624. The molecular weight excluding hydrogens is 216 g/mol. The van der Waals surface area contributed by atoms with Crippen molar-refractivity contribution in [1.29, 1.82) is 0 Å². The Hall–Kier alpha value is -1.56. The molecular formula is C18H20. The van der Waals surface area contributed by atoms with Gasteiger partial charge in [-0.05, 0) is 45.7 Å². The molecule has 92 valence electrons. The minimum Gasteiger partial charge on any atom is -0.0838 e. The van der Waals surface area contributed by atoms with Crippen molar-refractivity contribution in [3.8, 4) is 0 Å². The molecule has 0 aliphatic heterocycles. The first-order chi connectivity index (χ1) is 8.55. The summed E-state index contributed by atoms with van der Waals surface area (Å²) < 4.78 is 0. The normalized spacial score (nSPS) is 14.8. The highest BCUT2D eigenvalue weighted by Gasteiger charge is 2.17. The van der Waals surface area contributed by atoms with Gasteiger partial charge in [0.05, 0.1) is 0 Å². The number of allylic oxidation sites excluding steroid dienone is 2. The summed E-state index contributed by atoms with van der Waals surface area (Å²) in [5.74, 6) is 0. The summed E-state index contributed by atoms with van der Waals surface area (Å²) in [5.41, 5.74) is 4.66. The molecule has 18 heavy (non-hydrogen) atoms. The van der Waals surface area contributed by atoms with E-state index in [0.717, 1.165) is 12.8 Å². The molecule has 0 saturated heterocycles. The second kappa shape index (κ2) is 3.98. The fraction of sp³-hybridized carbons (Fsp3) is 0.333. The Labute approximate surface area is 109 Å². The minimum absolute atomic E-state index is 0.207. The second-order valence-corrected chi connectivity index (χ2v) is 6.28. The lowest BCUT2D eigenvalue weighted by molar-refractivity contribution is 0.596. The van der Waals surface area contributed by atoms with E-state index in [9.17, 15) is 0 Å². The van der Waals surface area contributed by atoms with Crippen LogP contribution in [0.4, 0.5) is 0 Å². The molecule has 0 amide bonds. The van der Waals surface area contributed by atoms with Gasteiger partial charge < -0.3 is 0 Å². The molecule has 0 N–H and O–H groups in total. The molecule has 0 atom stereocenters. The first kappa shape index (κ1) is 11.5. The van der Waals surface area contributed by atoms with Crippen molar-refractivity contribution in [2.24, 2.45) is 0 Å². The predicted molar refractivity (Wildman–Crippen MR) is 79.2 cm³/mol. The Morgan fingerprint density at radius 2 is 1.56 bits per heavy atom. The van der Waals surface area contributed by atoms with Gasteiger partial charge in [-0.15, -0.1) is 0 Å². The molecule has 0 bridgehead atoms. The maximum absolute atomic E-state index is 2.41. The van der Waals surface area contributed by atoms with Crippen LogP contribution in [-0.2, 0) is 18.3 Å². The lowest BCUT2D eigenvalue weighted by Crippen LogP contribution is -2.12. The third-order valence-corrected chi connectivity index (χ3v) is 3.85. The smallest absolute Gasteiger partial charge is 0.00943 e. The zero-order valence-corrected chi connectivity index (χ0v) is 11.5. The number of benzene rings is 2. The third kappa shape index (κ3) is 1.86. The highest BCUT2D eigenvalue weighted by atomic mass is 14.2. The average molecular weight is 236 g/mol. The van der Waals surface area contributed by atoms with Crippen LogP contribution >= 0.6 is 0 Å². The van der Waals surface area contributed by atoms with E-state index >= 15 is 0 Å². The molecule has 0 unspecified atom stereocenters. The third-order valence-electron chi connectivity index (χ3n) is 3.85. The fourth-order valence-corrected chi connectivity index (χ4v) is 2.87. The van der Waals surface area contributed by atoms with Crippen LogP contribution < -0.4 is 0 Å². The molecule has 0 aromatic heterocycles. The van der Waals surface area contributed by atoms with Crippen LogP contribution in [-0.4, -0.2) is 0 Å². The highest BCUT2D eigenvalue weighted by molar-refractivity contribution is 5.88. The highest BCUT2D eigenvalue weighted by Crippen LogP contribution is 2.32. The molecule has 0 nitrogen and oxygen atoms in total. The van der Waals surface area contributed by atoms with Crippen LogP contribution in [0.3, 0.4) is 0 Å². The molecule has 0 radical (unpaired) electrons. The van der Waals surface area contributed by atoms with Crippen molar-refractivity contribution < 1.29 is 0 Å². The topological polar surface area (TPSA) is 0 Å². The van der Waals surface area contributed by atoms with E-state index in [1.807, 2.05) is 0 Å². The van der Waals surface area contributed by atoms with Gasteiger partial charge in [0.15, 0.2) is 0 Å². The van der Waals surface area contributed by atoms with Gasteiger partial charge in [-0.25, -0.2) is 0 Å². The van der Waals surface area contributed by atoms with Crippen LogP contribution in [0.5, 0.6) is 0 Å². The van der Waals surface area contributed by atoms with Crippen LogP contribution in [0.2, 0.25) is 0 Å². The van der Waals surface area contributed by atoms with Crippen molar-refractivity contribution in [2.45, 2.75) is 39.0 Å². The summed E-state index contributed by atoms with van der Waals surface area (Å²) in [6.45, 7) is 6.88. The van der Waals surface area contributed by atoms with Crippen molar-refractivity contribution in [1.82, 2.24) is 0 Å². The number of rotatable bonds is 0. The van der Waals surface area contributed by atoms with E-state index in [-0.39, 0.29) is 5.41 Å². The largest absolute Gasteiger partial charge is 0.0838 e. The summed E-state index contributed by atoms with van der Waals surface area (Å²) in [5, 5.41) is 2.82. The van der Waals surface area contributed by atoms with Crippen LogP contribution in [0.25, 0.3) is 10.8 Å². The quantitative estimate of drug-likeness (QED) is 0.577. The van der Waals surface area contributed by atoms with E-state index in [4.69, 9.17) is 0 Å². The van der Waals surface area contributed by atoms with E-state index in [2.05, 4.69) is 63.3 Å². The van der Waals surface area contributed by atoms with Crippen molar-refractivity contribution >= 4 is 10.8 Å². The molecule has 2 aromatic rings. The van der Waals surface area contributed by atoms with Gasteiger partial charge in [0, 0.05) is 0 Å². The molecule has 0 spiro atoms. The number of hydrogen-bond donors (Lipinski definition) is 0. The van der Waals surface area contributed by atoms with Gasteiger partial charge in [0.2, 0.25) is 0 Å². The molecule has 0 fully saturated rings. The molecule has 1 aliphatic carbocycles. The first-order valence-corrected chi connectivity index (χ1v) is 6.76. The monoisotopic (exact) mass is 236 g/mol. The van der Waals surface area contributed by atoms with Crippen molar-refractivity contribution in [3.63, 3.8) is 0 Å². The van der Waals surface area contributed by atoms with Gasteiger partial charge in [0.1, 0.15) is 0 Å². The SMILES string of the molecule is CC(C)(C)c1cccc2cc3c(cc12)CC=CC3. The summed E-state index contributed by atoms with van der Waals surface area (Å²) in [6.07, 6.45) is 6.74. The van der Waals surface area contributed by atoms with Crippen LogP contribution in [0.15, 0.2) is 42.5 Å². The van der Waals surface area contributed by atoms with E-state index in [1.165, 1.54) is 27.5 Å². The standard InChI is InChI=1S/C18H20/c1-18(2,3)17-10-6-9-15-11-13-7-4-5-8-14(13)12-16(15)17/h4-6,9-12H,7-8H2,1-3H3. The second-order valence-electron chi connectivity index (χ2n) is 6.28. The van der Waals surface area contributed by atoms with Gasteiger partial charge in [-0.2, -0.15) is 0 Å². The average Bonchev–Trinajstić information content (AvgIpc) is 2.34. The molecule has 2 aromatic carbocycles. The number of fused-ring (bicyclic) bond motifs is 2. The Kier molecular flexibility index (Phi) is 2.55. The van der Waals surface area contributed by atoms with Crippen molar-refractivity contribution in [3.05, 3.63) is 59.2 Å². The molecule has 0 saturated carbocycles. The maximum Gasteiger partial charge on any atom is -0.00943 e. The van der Waals surface area contributed by atoms with E-state index < -0.39 is 0 Å². The van der Waals surface area contributed by atoms with Crippen LogP contribution in [0, 0.1) is 0 Å². The molecule has 1 aliphatic rings. The zero-order chi connectivity index (χ0) is 12.8. The predicted octanol–water partition coefficient (Wildman–Crippen LogP) is 4.79. The van der Waals surface area contributed by atoms with E-state index in [1.54, 1.807) is 0 Å². The summed E-state index contributed by atoms with van der Waals surface area (Å²) in [6, 6.07) is 11.5. The first-order valence-electron chi connectivity index (χ1n) is 6.76. The lowest BCUT2D eigenvalue weighted by atomic mass is 9.82. The van der Waals surface area contributed by atoms with Crippen LogP contribution in [0.1, 0.15) is 37.5 Å². The Balaban J connectivity index is 2.29. The minimum atomic E-state index is 0.207. The number of hydrogen-bond acceptors (Lipinski definition) is 0. The lowest BCUT2D eigenvalue weighted by Gasteiger charge is -2.23. The van der Waals surface area contributed by atoms with Crippen molar-refractivity contribution in [2.75, 3.05) is 0 Å². The van der Waals surface area contributed by atoms with Gasteiger partial charge in [-0.3, -0.25) is 0 Å². The van der Waals surface area contributed by atoms with Gasteiger partial charge in [0.25, 0.3) is 0 Å². The zero-order valence-electron chi connectivity index (χ0n) is 11.5. The molecule has 0 heterocycles. The summed E-state index contributed by atoms with van der Waals surface area (Å²) in [7, 11) is 0. The summed E-state index contributed by atoms with van der Waals surface area (Å²) in [4.78, 5) is 0. The Morgan fingerprint density at radius 1 is 0.889 bits per heavy atom. The van der Waals surface area contributed by atoms with Gasteiger partial charge >= 0.3 is 0 Å². The molecule has 3 rings (SSSR count). The summed E-state index contributed by atoms with van der Waals surface area (Å²) >= 11 is 0. The van der Waals surface area contributed by atoms with Gasteiger partial charge in [-0.1, -0.05) is 63.3 Å². The Morgan fingerprint density at radius 3 is 2.22 bits per heavy atom. The maximum atomic E-state index is 2.41.